The average Bonchev–Trinajstić information content (AvgIpc) is 3.33. The molecule has 3 heterocycles. The van der Waals surface area contributed by atoms with Crippen LogP contribution in [0, 0.1) is 6.92 Å². The molecule has 2 aromatic carbocycles. The van der Waals surface area contributed by atoms with Crippen molar-refractivity contribution in [1.29, 1.82) is 0 Å². The molecule has 1 N–H and O–H groups in total. The van der Waals surface area contributed by atoms with Crippen molar-refractivity contribution < 1.29 is 27.4 Å². The molecule has 0 aliphatic carbocycles. The predicted octanol–water partition coefficient (Wildman–Crippen LogP) is 3.12. The normalized spacial score (nSPS) is 16.9. The lowest BCUT2D eigenvalue weighted by molar-refractivity contribution is -0.118. The maximum absolute atomic E-state index is 12.9. The Morgan fingerprint density at radius 1 is 1.21 bits per heavy atom. The highest BCUT2D eigenvalue weighted by Crippen LogP contribution is 2.30. The molecule has 5 rings (SSSR count). The quantitative estimate of drug-likeness (QED) is 0.451. The lowest BCUT2D eigenvalue weighted by Gasteiger charge is -2.24. The molecule has 0 saturated carbocycles. The smallest absolute Gasteiger partial charge is 0.316 e. The van der Waals surface area contributed by atoms with Gasteiger partial charge < -0.3 is 14.2 Å². The first-order chi connectivity index (χ1) is 18.6. The fourth-order valence-corrected chi connectivity index (χ4v) is 5.96. The van der Waals surface area contributed by atoms with Crippen molar-refractivity contribution in [2.75, 3.05) is 13.2 Å². The first-order valence-corrected chi connectivity index (χ1v) is 14.7. The molecule has 1 amide bonds. The molecule has 0 bridgehead atoms. The molecule has 10 nitrogen and oxygen atoms in total. The second-order valence-corrected chi connectivity index (χ2v) is 11.8. The molecule has 1 aromatic heterocycles. The van der Waals surface area contributed by atoms with Crippen molar-refractivity contribution in [2.24, 2.45) is 0 Å². The van der Waals surface area contributed by atoms with Gasteiger partial charge in [0.2, 0.25) is 5.91 Å². The number of sulfonamides is 1. The van der Waals surface area contributed by atoms with Crippen molar-refractivity contribution in [2.45, 2.75) is 77.5 Å². The van der Waals surface area contributed by atoms with Crippen LogP contribution in [0.2, 0.25) is 0 Å². The maximum Gasteiger partial charge on any atom is 0.316 e. The molecule has 0 spiro atoms. The van der Waals surface area contributed by atoms with Crippen molar-refractivity contribution in [3.8, 4) is 17.1 Å². The van der Waals surface area contributed by atoms with E-state index < -0.39 is 21.1 Å². The molecular formula is C28H34N4O6S. The molecular weight excluding hydrogens is 520 g/mol. The molecule has 11 heteroatoms. The molecule has 3 aromatic rings. The lowest BCUT2D eigenvalue weighted by Crippen LogP contribution is -2.35. The van der Waals surface area contributed by atoms with Crippen LogP contribution in [0.4, 0.5) is 0 Å². The van der Waals surface area contributed by atoms with Gasteiger partial charge >= 0.3 is 16.0 Å². The zero-order chi connectivity index (χ0) is 27.7. The Hall–Kier alpha value is -3.28. The van der Waals surface area contributed by atoms with Gasteiger partial charge in [-0.25, -0.2) is 9.40 Å². The fraction of sp³-hybridized carbons (Fsp3) is 0.464. The number of hydrogen-bond donors (Lipinski definition) is 1. The van der Waals surface area contributed by atoms with Crippen LogP contribution in [0.5, 0.6) is 6.01 Å². The van der Waals surface area contributed by atoms with Crippen molar-refractivity contribution >= 4 is 15.9 Å². The maximum atomic E-state index is 12.9. The molecule has 1 atom stereocenters. The molecule has 0 fully saturated rings. The van der Waals surface area contributed by atoms with Gasteiger partial charge in [0.05, 0.1) is 32.3 Å². The van der Waals surface area contributed by atoms with E-state index in [0.717, 1.165) is 40.8 Å². The van der Waals surface area contributed by atoms with E-state index in [-0.39, 0.29) is 31.2 Å². The minimum atomic E-state index is -4.28. The lowest BCUT2D eigenvalue weighted by atomic mass is 9.90. The van der Waals surface area contributed by atoms with Crippen LogP contribution in [-0.4, -0.2) is 54.5 Å². The largest absolute Gasteiger partial charge is 0.461 e. The van der Waals surface area contributed by atoms with Gasteiger partial charge in [0.15, 0.2) is 0 Å². The second kappa shape index (κ2) is 11.1. The highest BCUT2D eigenvalue weighted by Gasteiger charge is 2.30. The Morgan fingerprint density at radius 3 is 2.79 bits per heavy atom. The molecule has 39 heavy (non-hydrogen) atoms. The summed E-state index contributed by atoms with van der Waals surface area (Å²) < 4.78 is 46.2. The molecule has 2 aliphatic heterocycles. The van der Waals surface area contributed by atoms with Gasteiger partial charge in [0.25, 0.3) is 5.16 Å². The van der Waals surface area contributed by atoms with Crippen molar-refractivity contribution in [3.05, 3.63) is 58.1 Å². The minimum absolute atomic E-state index is 0.00992. The standard InChI is InChI=1S/C28H34N4O6S/c1-5-19-11-22(21-7-6-20-8-9-36-15-23(20)12-21)10-18(4)25(19)13-26(33)31-39(34,35)27-29-28-32(30-27)14-24(16-37-28)38-17(2)3/h6-7,10-12,17,24H,5,8-9,13-16H2,1-4H3,(H,31,33). The number of amides is 1. The van der Waals surface area contributed by atoms with Crippen LogP contribution in [0.25, 0.3) is 11.1 Å². The Kier molecular flexibility index (Phi) is 7.75. The number of rotatable bonds is 8. The summed E-state index contributed by atoms with van der Waals surface area (Å²) in [5.41, 5.74) is 7.39. The Morgan fingerprint density at radius 2 is 2.03 bits per heavy atom. The van der Waals surface area contributed by atoms with Gasteiger partial charge in [-0.3, -0.25) is 4.79 Å². The van der Waals surface area contributed by atoms with Gasteiger partial charge in [-0.1, -0.05) is 31.2 Å². The zero-order valence-corrected chi connectivity index (χ0v) is 23.5. The summed E-state index contributed by atoms with van der Waals surface area (Å²) in [6, 6.07) is 10.6. The summed E-state index contributed by atoms with van der Waals surface area (Å²) in [5.74, 6) is -0.652. The third kappa shape index (κ3) is 6.00. The van der Waals surface area contributed by atoms with Crippen LogP contribution in [0.1, 0.15) is 48.6 Å². The number of benzene rings is 2. The van der Waals surface area contributed by atoms with Gasteiger partial charge in [-0.05, 0) is 78.6 Å². The second-order valence-electron chi connectivity index (χ2n) is 10.3. The molecule has 1 unspecified atom stereocenters. The van der Waals surface area contributed by atoms with E-state index in [1.54, 1.807) is 0 Å². The van der Waals surface area contributed by atoms with Gasteiger partial charge in [0, 0.05) is 0 Å². The number of carbonyl (C=O) groups is 1. The van der Waals surface area contributed by atoms with E-state index >= 15 is 0 Å². The summed E-state index contributed by atoms with van der Waals surface area (Å²) in [6.07, 6.45) is 1.26. The topological polar surface area (TPSA) is 122 Å². The van der Waals surface area contributed by atoms with Crippen LogP contribution in [0.15, 0.2) is 35.5 Å². The van der Waals surface area contributed by atoms with E-state index in [9.17, 15) is 13.2 Å². The van der Waals surface area contributed by atoms with E-state index in [2.05, 4.69) is 39.1 Å². The molecule has 0 radical (unpaired) electrons. The molecule has 2 aliphatic rings. The first kappa shape index (κ1) is 27.3. The summed E-state index contributed by atoms with van der Waals surface area (Å²) in [6.45, 7) is 9.70. The number of nitrogens with one attached hydrogen (secondary N) is 1. The number of aromatic nitrogens is 3. The number of nitrogens with zero attached hydrogens (tertiary/aromatic N) is 3. The monoisotopic (exact) mass is 554 g/mol. The van der Waals surface area contributed by atoms with Crippen LogP contribution >= 0.6 is 0 Å². The summed E-state index contributed by atoms with van der Waals surface area (Å²) >= 11 is 0. The van der Waals surface area contributed by atoms with Crippen molar-refractivity contribution in [1.82, 2.24) is 19.5 Å². The van der Waals surface area contributed by atoms with Gasteiger partial charge in [-0.15, -0.1) is 5.10 Å². The number of fused-ring (bicyclic) bond motifs is 2. The molecule has 208 valence electrons. The summed E-state index contributed by atoms with van der Waals surface area (Å²) in [5, 5.41) is 3.55. The molecule has 0 saturated heterocycles. The zero-order valence-electron chi connectivity index (χ0n) is 22.7. The number of carbonyl (C=O) groups excluding carboxylic acids is 1. The van der Waals surface area contributed by atoms with E-state index in [1.807, 2.05) is 33.8 Å². The van der Waals surface area contributed by atoms with E-state index in [4.69, 9.17) is 14.2 Å². The highest BCUT2D eigenvalue weighted by atomic mass is 32.2. The summed E-state index contributed by atoms with van der Waals surface area (Å²) in [4.78, 5) is 16.9. The first-order valence-electron chi connectivity index (χ1n) is 13.2. The SMILES string of the molecule is CCc1cc(-c2ccc3c(c2)COCC3)cc(C)c1CC(=O)NS(=O)(=O)c1nc2n(n1)CC(OC(C)C)CO2. The summed E-state index contributed by atoms with van der Waals surface area (Å²) in [7, 11) is -4.28. The third-order valence-electron chi connectivity index (χ3n) is 6.94. The number of hydrogen-bond acceptors (Lipinski definition) is 8. The number of aryl methyl sites for hydroxylation is 2. The Labute approximate surface area is 228 Å². The van der Waals surface area contributed by atoms with Crippen LogP contribution in [-0.2, 0) is 56.7 Å². The van der Waals surface area contributed by atoms with E-state index in [0.29, 0.717) is 19.6 Å². The fourth-order valence-electron chi connectivity index (χ4n) is 5.09. The predicted molar refractivity (Wildman–Crippen MR) is 144 cm³/mol. The Balaban J connectivity index is 1.31. The van der Waals surface area contributed by atoms with Gasteiger partial charge in [0.1, 0.15) is 12.7 Å². The highest BCUT2D eigenvalue weighted by molar-refractivity contribution is 7.89. The Bertz CT molecular complexity index is 1500. The minimum Gasteiger partial charge on any atom is -0.461 e. The number of ether oxygens (including phenoxy) is 3. The average molecular weight is 555 g/mol. The van der Waals surface area contributed by atoms with E-state index in [1.165, 1.54) is 15.8 Å². The third-order valence-corrected chi connectivity index (χ3v) is 8.09. The van der Waals surface area contributed by atoms with Gasteiger partial charge in [-0.2, -0.15) is 13.4 Å². The van der Waals surface area contributed by atoms with Crippen LogP contribution in [0.3, 0.4) is 0 Å². The van der Waals surface area contributed by atoms with Crippen LogP contribution < -0.4 is 9.46 Å². The van der Waals surface area contributed by atoms with Crippen molar-refractivity contribution in [3.63, 3.8) is 0 Å².